The number of anilines is 2. The first kappa shape index (κ1) is 19.0. The largest absolute Gasteiger partial charge is 0.370 e. The van der Waals surface area contributed by atoms with Crippen molar-refractivity contribution >= 4 is 40.1 Å². The number of hydrogen-bond acceptors (Lipinski definition) is 5. The molecular weight excluding hydrogens is 370 g/mol. The standard InChI is InChI=1S/C19H18F2N4OS/c1-3-22-17-13-6-4-5-7-15(13)24-19(25-17)27-11(2)18(26)23-16-10-12(20)8-9-14(16)21/h4-11H,3H2,1-2H3,(H,23,26)(H,22,24,25). The minimum Gasteiger partial charge on any atom is -0.370 e. The summed E-state index contributed by atoms with van der Waals surface area (Å²) in [6.07, 6.45) is 0. The summed E-state index contributed by atoms with van der Waals surface area (Å²) in [6, 6.07) is 10.5. The maximum atomic E-state index is 13.7. The molecule has 0 aliphatic heterocycles. The average Bonchev–Trinajstić information content (AvgIpc) is 2.65. The number of aromatic nitrogens is 2. The second-order valence-electron chi connectivity index (χ2n) is 5.78. The summed E-state index contributed by atoms with van der Waals surface area (Å²) >= 11 is 1.15. The minimum absolute atomic E-state index is 0.194. The van der Waals surface area contributed by atoms with Gasteiger partial charge in [0.15, 0.2) is 5.16 Å². The van der Waals surface area contributed by atoms with Gasteiger partial charge in [-0.25, -0.2) is 18.7 Å². The molecule has 3 rings (SSSR count). The van der Waals surface area contributed by atoms with Crippen molar-refractivity contribution in [2.45, 2.75) is 24.3 Å². The molecule has 1 heterocycles. The molecule has 27 heavy (non-hydrogen) atoms. The normalized spacial score (nSPS) is 12.0. The number of thioether (sulfide) groups is 1. The molecule has 0 radical (unpaired) electrons. The molecule has 2 N–H and O–H groups in total. The zero-order chi connectivity index (χ0) is 19.4. The van der Waals surface area contributed by atoms with Crippen LogP contribution < -0.4 is 10.6 Å². The predicted molar refractivity (Wildman–Crippen MR) is 104 cm³/mol. The highest BCUT2D eigenvalue weighted by atomic mass is 32.2. The molecule has 5 nitrogen and oxygen atoms in total. The number of para-hydroxylation sites is 1. The van der Waals surface area contributed by atoms with Gasteiger partial charge in [0.2, 0.25) is 5.91 Å². The minimum atomic E-state index is -0.696. The summed E-state index contributed by atoms with van der Waals surface area (Å²) in [5, 5.41) is 6.30. The highest BCUT2D eigenvalue weighted by molar-refractivity contribution is 8.00. The highest BCUT2D eigenvalue weighted by Gasteiger charge is 2.19. The smallest absolute Gasteiger partial charge is 0.237 e. The molecule has 8 heteroatoms. The van der Waals surface area contributed by atoms with Crippen LogP contribution in [-0.2, 0) is 4.79 Å². The number of benzene rings is 2. The topological polar surface area (TPSA) is 66.9 Å². The summed E-state index contributed by atoms with van der Waals surface area (Å²) in [5.74, 6) is -1.10. The first-order chi connectivity index (χ1) is 13.0. The molecule has 1 amide bonds. The van der Waals surface area contributed by atoms with Crippen molar-refractivity contribution in [3.8, 4) is 0 Å². The third-order valence-corrected chi connectivity index (χ3v) is 4.73. The quantitative estimate of drug-likeness (QED) is 0.482. The first-order valence-corrected chi connectivity index (χ1v) is 9.29. The Kier molecular flexibility index (Phi) is 5.85. The van der Waals surface area contributed by atoms with Crippen LogP contribution in [0, 0.1) is 11.6 Å². The summed E-state index contributed by atoms with van der Waals surface area (Å²) in [7, 11) is 0. The van der Waals surface area contributed by atoms with Crippen LogP contribution in [0.2, 0.25) is 0 Å². The fraction of sp³-hybridized carbons (Fsp3) is 0.211. The van der Waals surface area contributed by atoms with Crippen LogP contribution in [0.1, 0.15) is 13.8 Å². The number of rotatable bonds is 6. The van der Waals surface area contributed by atoms with Crippen LogP contribution in [0.15, 0.2) is 47.6 Å². The summed E-state index contributed by atoms with van der Waals surface area (Å²) in [4.78, 5) is 21.3. The maximum absolute atomic E-state index is 13.7. The lowest BCUT2D eigenvalue weighted by molar-refractivity contribution is -0.115. The maximum Gasteiger partial charge on any atom is 0.237 e. The van der Waals surface area contributed by atoms with Gasteiger partial charge in [0, 0.05) is 18.0 Å². The number of carbonyl (C=O) groups excluding carboxylic acids is 1. The van der Waals surface area contributed by atoms with Gasteiger partial charge in [0.1, 0.15) is 17.5 Å². The molecule has 0 fully saturated rings. The number of nitrogens with zero attached hydrogens (tertiary/aromatic N) is 2. The van der Waals surface area contributed by atoms with E-state index in [-0.39, 0.29) is 5.69 Å². The lowest BCUT2D eigenvalue weighted by Gasteiger charge is -2.13. The van der Waals surface area contributed by atoms with E-state index in [9.17, 15) is 13.6 Å². The number of halogens is 2. The van der Waals surface area contributed by atoms with Gasteiger partial charge < -0.3 is 10.6 Å². The summed E-state index contributed by atoms with van der Waals surface area (Å²) in [6.45, 7) is 4.32. The number of fused-ring (bicyclic) bond motifs is 1. The van der Waals surface area contributed by atoms with Crippen molar-refractivity contribution in [2.24, 2.45) is 0 Å². The molecular formula is C19H18F2N4OS. The number of nitrogens with one attached hydrogen (secondary N) is 2. The van der Waals surface area contributed by atoms with Gasteiger partial charge in [-0.15, -0.1) is 0 Å². The monoisotopic (exact) mass is 388 g/mol. The van der Waals surface area contributed by atoms with Crippen molar-refractivity contribution in [2.75, 3.05) is 17.2 Å². The highest BCUT2D eigenvalue weighted by Crippen LogP contribution is 2.27. The van der Waals surface area contributed by atoms with E-state index in [1.165, 1.54) is 0 Å². The van der Waals surface area contributed by atoms with Crippen LogP contribution in [0.25, 0.3) is 10.9 Å². The van der Waals surface area contributed by atoms with Crippen LogP contribution in [0.3, 0.4) is 0 Å². The molecule has 3 aromatic rings. The third-order valence-electron chi connectivity index (χ3n) is 3.76. The van der Waals surface area contributed by atoms with Crippen molar-refractivity contribution in [3.05, 3.63) is 54.1 Å². The number of amides is 1. The fourth-order valence-electron chi connectivity index (χ4n) is 2.45. The Balaban J connectivity index is 1.79. The number of hydrogen-bond donors (Lipinski definition) is 2. The average molecular weight is 388 g/mol. The summed E-state index contributed by atoms with van der Waals surface area (Å²) < 4.78 is 27.0. The van der Waals surface area contributed by atoms with Crippen molar-refractivity contribution in [1.29, 1.82) is 0 Å². The second kappa shape index (κ2) is 8.30. The van der Waals surface area contributed by atoms with Gasteiger partial charge in [-0.2, -0.15) is 0 Å². The van der Waals surface area contributed by atoms with E-state index in [1.807, 2.05) is 31.2 Å². The van der Waals surface area contributed by atoms with Gasteiger partial charge in [0.25, 0.3) is 0 Å². The Morgan fingerprint density at radius 3 is 2.74 bits per heavy atom. The lowest BCUT2D eigenvalue weighted by atomic mass is 10.2. The van der Waals surface area contributed by atoms with Crippen LogP contribution in [-0.4, -0.2) is 27.7 Å². The molecule has 0 bridgehead atoms. The predicted octanol–water partition coefficient (Wildman–Crippen LogP) is 4.46. The Hall–Kier alpha value is -2.74. The van der Waals surface area contributed by atoms with Gasteiger partial charge in [-0.3, -0.25) is 4.79 Å². The molecule has 1 unspecified atom stereocenters. The van der Waals surface area contributed by atoms with E-state index >= 15 is 0 Å². The van der Waals surface area contributed by atoms with E-state index in [2.05, 4.69) is 20.6 Å². The molecule has 0 saturated heterocycles. The van der Waals surface area contributed by atoms with E-state index in [0.717, 1.165) is 40.9 Å². The molecule has 0 saturated carbocycles. The first-order valence-electron chi connectivity index (χ1n) is 8.41. The number of carbonyl (C=O) groups is 1. The molecule has 1 atom stereocenters. The molecule has 140 valence electrons. The van der Waals surface area contributed by atoms with Crippen LogP contribution in [0.4, 0.5) is 20.3 Å². The summed E-state index contributed by atoms with van der Waals surface area (Å²) in [5.41, 5.74) is 0.565. The Bertz CT molecular complexity index is 983. The second-order valence-corrected chi connectivity index (χ2v) is 7.08. The van der Waals surface area contributed by atoms with E-state index < -0.39 is 22.8 Å². The van der Waals surface area contributed by atoms with E-state index in [4.69, 9.17) is 0 Å². The molecule has 1 aromatic heterocycles. The zero-order valence-electron chi connectivity index (χ0n) is 14.8. The Morgan fingerprint density at radius 2 is 1.96 bits per heavy atom. The zero-order valence-corrected chi connectivity index (χ0v) is 15.6. The van der Waals surface area contributed by atoms with E-state index in [1.54, 1.807) is 6.92 Å². The van der Waals surface area contributed by atoms with Gasteiger partial charge >= 0.3 is 0 Å². The molecule has 0 spiro atoms. The van der Waals surface area contributed by atoms with Gasteiger partial charge in [-0.1, -0.05) is 23.9 Å². The molecule has 0 aliphatic carbocycles. The Labute approximate surface area is 159 Å². The van der Waals surface area contributed by atoms with Crippen LogP contribution in [0.5, 0.6) is 0 Å². The third kappa shape index (κ3) is 4.51. The molecule has 0 aliphatic rings. The van der Waals surface area contributed by atoms with Gasteiger partial charge in [0.05, 0.1) is 16.5 Å². The van der Waals surface area contributed by atoms with E-state index in [0.29, 0.717) is 17.5 Å². The van der Waals surface area contributed by atoms with Crippen LogP contribution >= 0.6 is 11.8 Å². The van der Waals surface area contributed by atoms with Crippen molar-refractivity contribution in [1.82, 2.24) is 9.97 Å². The lowest BCUT2D eigenvalue weighted by Crippen LogP contribution is -2.23. The van der Waals surface area contributed by atoms with Gasteiger partial charge in [-0.05, 0) is 38.1 Å². The van der Waals surface area contributed by atoms with Crippen molar-refractivity contribution in [3.63, 3.8) is 0 Å². The van der Waals surface area contributed by atoms with Crippen molar-refractivity contribution < 1.29 is 13.6 Å². The SMILES string of the molecule is CCNc1nc(SC(C)C(=O)Nc2cc(F)ccc2F)nc2ccccc12. The Morgan fingerprint density at radius 1 is 1.19 bits per heavy atom. The molecule has 2 aromatic carbocycles. The fourth-order valence-corrected chi connectivity index (χ4v) is 3.23.